The van der Waals surface area contributed by atoms with E-state index < -0.39 is 11.9 Å². The second-order valence-corrected chi connectivity index (χ2v) is 3.27. The van der Waals surface area contributed by atoms with Gasteiger partial charge in [-0.05, 0) is 12.1 Å². The van der Waals surface area contributed by atoms with Crippen LogP contribution in [0.2, 0.25) is 0 Å². The number of aromatic nitrogens is 3. The lowest BCUT2D eigenvalue weighted by molar-refractivity contribution is 0.0690. The Bertz CT molecular complexity index is 567. The zero-order chi connectivity index (χ0) is 13.0. The molecule has 2 rings (SSSR count). The van der Waals surface area contributed by atoms with Crippen molar-refractivity contribution in [3.63, 3.8) is 0 Å². The van der Waals surface area contributed by atoms with Crippen LogP contribution in [0.15, 0.2) is 29.2 Å². The summed E-state index contributed by atoms with van der Waals surface area (Å²) in [5.41, 5.74) is 0.00751. The predicted octanol–water partition coefficient (Wildman–Crippen LogP) is 0.0928. The van der Waals surface area contributed by atoms with Gasteiger partial charge in [0, 0.05) is 11.8 Å². The van der Waals surface area contributed by atoms with E-state index in [1.54, 1.807) is 0 Å². The van der Waals surface area contributed by atoms with E-state index in [0.29, 0.717) is 5.82 Å². The van der Waals surface area contributed by atoms with Crippen molar-refractivity contribution in [2.24, 2.45) is 0 Å². The van der Waals surface area contributed by atoms with Gasteiger partial charge in [-0.3, -0.25) is 4.79 Å². The van der Waals surface area contributed by atoms with Crippen LogP contribution in [0, 0.1) is 0 Å². The van der Waals surface area contributed by atoms with E-state index in [1.807, 2.05) is 0 Å². The molecule has 1 amide bonds. The highest BCUT2D eigenvalue weighted by Crippen LogP contribution is 2.02. The van der Waals surface area contributed by atoms with Gasteiger partial charge in [-0.15, -0.1) is 0 Å². The number of aromatic carboxylic acids is 1. The third kappa shape index (κ3) is 2.67. The molecule has 8 nitrogen and oxygen atoms in total. The van der Waals surface area contributed by atoms with Crippen LogP contribution < -0.4 is 5.32 Å². The number of carboxylic acids is 1. The van der Waals surface area contributed by atoms with E-state index >= 15 is 0 Å². The van der Waals surface area contributed by atoms with Crippen molar-refractivity contribution < 1.29 is 19.2 Å². The van der Waals surface area contributed by atoms with Gasteiger partial charge < -0.3 is 14.9 Å². The first-order valence-corrected chi connectivity index (χ1v) is 4.89. The van der Waals surface area contributed by atoms with Crippen molar-refractivity contribution in [1.29, 1.82) is 0 Å². The molecule has 2 aromatic rings. The fraction of sp³-hybridized carbons (Fsp3) is 0.100. The molecule has 8 heteroatoms. The molecule has 0 aliphatic heterocycles. The van der Waals surface area contributed by atoms with Crippen LogP contribution >= 0.6 is 0 Å². The van der Waals surface area contributed by atoms with Gasteiger partial charge in [-0.25, -0.2) is 9.78 Å². The zero-order valence-corrected chi connectivity index (χ0v) is 9.03. The first kappa shape index (κ1) is 11.7. The number of amides is 1. The second kappa shape index (κ2) is 5.04. The van der Waals surface area contributed by atoms with E-state index in [2.05, 4.69) is 25.0 Å². The van der Waals surface area contributed by atoms with Crippen LogP contribution in [-0.2, 0) is 6.54 Å². The summed E-state index contributed by atoms with van der Waals surface area (Å²) in [6.07, 6.45) is 2.41. The highest BCUT2D eigenvalue weighted by molar-refractivity contribution is 5.96. The molecule has 0 saturated heterocycles. The number of nitrogens with zero attached hydrogens (tertiary/aromatic N) is 3. The maximum Gasteiger partial charge on any atom is 0.354 e. The van der Waals surface area contributed by atoms with Crippen LogP contribution in [0.25, 0.3) is 0 Å². The summed E-state index contributed by atoms with van der Waals surface area (Å²) in [7, 11) is 0. The van der Waals surface area contributed by atoms with Crippen molar-refractivity contribution in [2.45, 2.75) is 6.54 Å². The minimum atomic E-state index is -1.19. The van der Waals surface area contributed by atoms with E-state index in [0.717, 1.165) is 6.39 Å². The standard InChI is InChI=1S/C10H8N4O4/c15-9(12-4-8-13-5-18-14-8)6-1-2-11-7(3-6)10(16)17/h1-3,5H,4H2,(H,12,15)(H,16,17). The minimum Gasteiger partial charge on any atom is -0.477 e. The Morgan fingerprint density at radius 3 is 2.89 bits per heavy atom. The summed E-state index contributed by atoms with van der Waals surface area (Å²) < 4.78 is 4.50. The average Bonchev–Trinajstić information content (AvgIpc) is 2.89. The topological polar surface area (TPSA) is 118 Å². The molecule has 18 heavy (non-hydrogen) atoms. The van der Waals surface area contributed by atoms with E-state index in [9.17, 15) is 9.59 Å². The molecule has 0 fully saturated rings. The molecule has 0 atom stereocenters. The molecule has 92 valence electrons. The number of hydrogen-bond donors (Lipinski definition) is 2. The number of nitrogens with one attached hydrogen (secondary N) is 1. The first-order valence-electron chi connectivity index (χ1n) is 4.89. The van der Waals surface area contributed by atoms with Crippen molar-refractivity contribution in [3.8, 4) is 0 Å². The normalized spacial score (nSPS) is 10.0. The van der Waals surface area contributed by atoms with Crippen molar-refractivity contribution in [2.75, 3.05) is 0 Å². The number of carbonyl (C=O) groups excluding carboxylic acids is 1. The summed E-state index contributed by atoms with van der Waals surface area (Å²) >= 11 is 0. The Balaban J connectivity index is 2.04. The van der Waals surface area contributed by atoms with Crippen molar-refractivity contribution in [3.05, 3.63) is 41.8 Å². The number of carboxylic acid groups (broad SMARTS) is 1. The number of rotatable bonds is 4. The van der Waals surface area contributed by atoms with Crippen LogP contribution in [0.3, 0.4) is 0 Å². The first-order chi connectivity index (χ1) is 8.66. The lowest BCUT2D eigenvalue weighted by atomic mass is 10.2. The molecule has 0 aliphatic carbocycles. The molecule has 2 aromatic heterocycles. The van der Waals surface area contributed by atoms with Gasteiger partial charge in [0.05, 0.1) is 6.54 Å². The predicted molar refractivity (Wildman–Crippen MR) is 56.7 cm³/mol. The maximum absolute atomic E-state index is 11.7. The van der Waals surface area contributed by atoms with Crippen molar-refractivity contribution in [1.82, 2.24) is 20.4 Å². The fourth-order valence-corrected chi connectivity index (χ4v) is 1.22. The molecule has 0 aliphatic rings. The number of pyridine rings is 1. The summed E-state index contributed by atoms with van der Waals surface area (Å²) in [4.78, 5) is 29.7. The summed E-state index contributed by atoms with van der Waals surface area (Å²) in [6.45, 7) is 0.0973. The van der Waals surface area contributed by atoms with Gasteiger partial charge >= 0.3 is 5.97 Å². The SMILES string of the molecule is O=C(NCc1ncon1)c1ccnc(C(=O)O)c1. The maximum atomic E-state index is 11.7. The van der Waals surface area contributed by atoms with Gasteiger partial charge in [-0.1, -0.05) is 5.16 Å². The fourth-order valence-electron chi connectivity index (χ4n) is 1.22. The monoisotopic (exact) mass is 248 g/mol. The van der Waals surface area contributed by atoms with Gasteiger partial charge in [-0.2, -0.15) is 4.98 Å². The summed E-state index contributed by atoms with van der Waals surface area (Å²) in [6, 6.07) is 2.60. The zero-order valence-electron chi connectivity index (χ0n) is 9.03. The second-order valence-electron chi connectivity index (χ2n) is 3.27. The van der Waals surface area contributed by atoms with E-state index in [1.165, 1.54) is 18.3 Å². The highest BCUT2D eigenvalue weighted by atomic mass is 16.5. The third-order valence-electron chi connectivity index (χ3n) is 2.06. The van der Waals surface area contributed by atoms with E-state index in [-0.39, 0.29) is 17.8 Å². The molecule has 0 bridgehead atoms. The quantitative estimate of drug-likeness (QED) is 0.787. The van der Waals surface area contributed by atoms with Gasteiger partial charge in [0.1, 0.15) is 5.69 Å². The molecule has 0 spiro atoms. The Hall–Kier alpha value is -2.77. The van der Waals surface area contributed by atoms with Crippen LogP contribution in [0.5, 0.6) is 0 Å². The molecule has 0 aromatic carbocycles. The number of hydrogen-bond acceptors (Lipinski definition) is 6. The largest absolute Gasteiger partial charge is 0.477 e. The Kier molecular flexibility index (Phi) is 3.28. The third-order valence-corrected chi connectivity index (χ3v) is 2.06. The Morgan fingerprint density at radius 2 is 2.22 bits per heavy atom. The van der Waals surface area contributed by atoms with Gasteiger partial charge in [0.25, 0.3) is 5.91 Å². The Morgan fingerprint density at radius 1 is 1.39 bits per heavy atom. The summed E-state index contributed by atoms with van der Waals surface area (Å²) in [5.74, 6) is -1.30. The van der Waals surface area contributed by atoms with Gasteiger partial charge in [0.15, 0.2) is 5.82 Å². The lowest BCUT2D eigenvalue weighted by Gasteiger charge is -2.02. The molecule has 0 radical (unpaired) electrons. The molecule has 2 N–H and O–H groups in total. The van der Waals surface area contributed by atoms with Crippen LogP contribution in [0.4, 0.5) is 0 Å². The summed E-state index contributed by atoms with van der Waals surface area (Å²) in [5, 5.41) is 14.8. The molecule has 0 unspecified atom stereocenters. The molecule has 2 heterocycles. The molecular weight excluding hydrogens is 240 g/mol. The smallest absolute Gasteiger partial charge is 0.354 e. The van der Waals surface area contributed by atoms with Crippen LogP contribution in [0.1, 0.15) is 26.7 Å². The minimum absolute atomic E-state index is 0.0973. The lowest BCUT2D eigenvalue weighted by Crippen LogP contribution is -2.23. The van der Waals surface area contributed by atoms with Crippen LogP contribution in [-0.4, -0.2) is 32.1 Å². The Labute approximate surface area is 101 Å². The molecular formula is C10H8N4O4. The average molecular weight is 248 g/mol. The number of carbonyl (C=O) groups is 2. The van der Waals surface area contributed by atoms with E-state index in [4.69, 9.17) is 5.11 Å². The van der Waals surface area contributed by atoms with Gasteiger partial charge in [0.2, 0.25) is 6.39 Å². The van der Waals surface area contributed by atoms with Crippen molar-refractivity contribution >= 4 is 11.9 Å². The highest BCUT2D eigenvalue weighted by Gasteiger charge is 2.11. The molecule has 0 saturated carbocycles.